The van der Waals surface area contributed by atoms with Crippen molar-refractivity contribution >= 4 is 27.8 Å². The number of rotatable bonds is 6. The molecule has 2 N–H and O–H groups in total. The zero-order valence-electron chi connectivity index (χ0n) is 18.9. The van der Waals surface area contributed by atoms with Gasteiger partial charge in [-0.3, -0.25) is 0 Å². The van der Waals surface area contributed by atoms with Gasteiger partial charge in [0.1, 0.15) is 35.0 Å². The Kier molecular flexibility index (Phi) is 5.36. The van der Waals surface area contributed by atoms with E-state index in [9.17, 15) is 0 Å². The molecule has 0 aliphatic carbocycles. The molecule has 32 heavy (non-hydrogen) atoms. The average molecular weight is 437 g/mol. The first-order valence-electron chi connectivity index (χ1n) is 10.7. The molecule has 0 amide bonds. The van der Waals surface area contributed by atoms with Crippen LogP contribution in [0.4, 0.5) is 5.69 Å². The van der Waals surface area contributed by atoms with Crippen LogP contribution in [0.15, 0.2) is 24.3 Å². The van der Waals surface area contributed by atoms with Crippen LogP contribution < -0.4 is 14.4 Å². The van der Waals surface area contributed by atoms with E-state index in [4.69, 9.17) is 19.2 Å². The largest absolute Gasteiger partial charge is 0.494 e. The smallest absolute Gasteiger partial charge is 0.155 e. The molecule has 0 radical (unpaired) electrons. The van der Waals surface area contributed by atoms with Gasteiger partial charge in [-0.15, -0.1) is 0 Å². The summed E-state index contributed by atoms with van der Waals surface area (Å²) in [7, 11) is 7.09. The third-order valence-corrected chi connectivity index (χ3v) is 6.03. The Balaban J connectivity index is 1.58. The summed E-state index contributed by atoms with van der Waals surface area (Å²) in [5.41, 5.74) is 5.37. The molecule has 2 aromatic carbocycles. The maximum atomic E-state index is 5.79. The normalized spacial score (nSPS) is 15.1. The van der Waals surface area contributed by atoms with Crippen molar-refractivity contribution in [1.29, 1.82) is 0 Å². The van der Waals surface area contributed by atoms with Gasteiger partial charge in [0.15, 0.2) is 5.75 Å². The number of hydrogen-bond donors (Lipinski definition) is 2. The summed E-state index contributed by atoms with van der Waals surface area (Å²) in [4.78, 5) is 21.0. The molecule has 2 aromatic heterocycles. The summed E-state index contributed by atoms with van der Waals surface area (Å²) >= 11 is 0. The van der Waals surface area contributed by atoms with E-state index in [-0.39, 0.29) is 0 Å². The first kappa shape index (κ1) is 20.6. The van der Waals surface area contributed by atoms with Crippen LogP contribution in [-0.4, -0.2) is 79.4 Å². The van der Waals surface area contributed by atoms with E-state index in [2.05, 4.69) is 50.0 Å². The fourth-order valence-corrected chi connectivity index (χ4v) is 4.30. The molecule has 168 valence electrons. The quantitative estimate of drug-likeness (QED) is 0.480. The van der Waals surface area contributed by atoms with Crippen molar-refractivity contribution < 1.29 is 14.2 Å². The van der Waals surface area contributed by atoms with Crippen LogP contribution in [-0.2, 0) is 11.3 Å². The number of hydrogen-bond acceptors (Lipinski definition) is 7. The van der Waals surface area contributed by atoms with Gasteiger partial charge < -0.3 is 34.0 Å². The van der Waals surface area contributed by atoms with Gasteiger partial charge in [0.25, 0.3) is 0 Å². The summed E-state index contributed by atoms with van der Waals surface area (Å²) in [5, 5.41) is 0. The molecule has 0 spiro atoms. The summed E-state index contributed by atoms with van der Waals surface area (Å²) < 4.78 is 16.6. The third-order valence-electron chi connectivity index (χ3n) is 6.03. The number of ether oxygens (including phenoxy) is 3. The fourth-order valence-electron chi connectivity index (χ4n) is 4.30. The molecule has 1 aliphatic heterocycles. The summed E-state index contributed by atoms with van der Waals surface area (Å²) in [5.74, 6) is 2.73. The van der Waals surface area contributed by atoms with Crippen LogP contribution in [0.3, 0.4) is 0 Å². The van der Waals surface area contributed by atoms with E-state index >= 15 is 0 Å². The number of aromatic amines is 2. The van der Waals surface area contributed by atoms with Crippen molar-refractivity contribution in [3.05, 3.63) is 30.1 Å². The lowest BCUT2D eigenvalue weighted by Crippen LogP contribution is -2.44. The van der Waals surface area contributed by atoms with E-state index in [1.807, 2.05) is 6.07 Å². The second kappa shape index (κ2) is 8.33. The number of anilines is 1. The van der Waals surface area contributed by atoms with Crippen LogP contribution in [0, 0.1) is 0 Å². The van der Waals surface area contributed by atoms with Crippen molar-refractivity contribution in [2.24, 2.45) is 0 Å². The van der Waals surface area contributed by atoms with Crippen molar-refractivity contribution in [1.82, 2.24) is 24.8 Å². The number of nitrogens with zero attached hydrogens (tertiary/aromatic N) is 4. The molecule has 0 atom stereocenters. The minimum atomic E-state index is 0.371. The van der Waals surface area contributed by atoms with Gasteiger partial charge >= 0.3 is 0 Å². The first-order chi connectivity index (χ1) is 15.6. The average Bonchev–Trinajstić information content (AvgIpc) is 3.42. The van der Waals surface area contributed by atoms with Gasteiger partial charge in [0.05, 0.1) is 30.8 Å². The van der Waals surface area contributed by atoms with Crippen molar-refractivity contribution in [2.45, 2.75) is 6.61 Å². The zero-order chi connectivity index (χ0) is 22.2. The molecule has 1 aliphatic rings. The molecular formula is C23H28N6O3. The van der Waals surface area contributed by atoms with E-state index in [0.29, 0.717) is 29.4 Å². The Morgan fingerprint density at radius 2 is 1.78 bits per heavy atom. The summed E-state index contributed by atoms with van der Waals surface area (Å²) in [6.07, 6.45) is 0. The number of piperazine rings is 1. The lowest BCUT2D eigenvalue weighted by Gasteiger charge is -2.34. The molecule has 3 heterocycles. The Labute approximate surface area is 186 Å². The SMILES string of the molecule is COCc1nc2c(OC)cc(-c3nc4ccc(N5CCN(C)CC5)cc4[nH]3)c(OC)c2[nH]1. The maximum absolute atomic E-state index is 5.79. The van der Waals surface area contributed by atoms with Gasteiger partial charge in [-0.25, -0.2) is 9.97 Å². The van der Waals surface area contributed by atoms with E-state index in [1.165, 1.54) is 5.69 Å². The van der Waals surface area contributed by atoms with Gasteiger partial charge in [0.2, 0.25) is 0 Å². The summed E-state index contributed by atoms with van der Waals surface area (Å²) in [6.45, 7) is 4.55. The lowest BCUT2D eigenvalue weighted by atomic mass is 10.1. The molecule has 1 fully saturated rings. The van der Waals surface area contributed by atoms with Gasteiger partial charge in [0, 0.05) is 39.0 Å². The Morgan fingerprint density at radius 3 is 2.50 bits per heavy atom. The topological polar surface area (TPSA) is 91.5 Å². The standard InChI is InChI=1S/C23H28N6O3/c1-28-7-9-29(10-8-28)14-5-6-16-17(11-14)25-23(24-16)15-12-18(31-3)20-21(22(15)32-4)27-19(26-20)13-30-2/h5-6,11-12H,7-10,13H2,1-4H3,(H,24,25)(H,26,27). The number of benzene rings is 2. The first-order valence-corrected chi connectivity index (χ1v) is 10.7. The predicted molar refractivity (Wildman–Crippen MR) is 125 cm³/mol. The Morgan fingerprint density at radius 1 is 0.969 bits per heavy atom. The number of H-pyrrole nitrogens is 2. The number of methoxy groups -OCH3 is 3. The highest BCUT2D eigenvalue weighted by molar-refractivity contribution is 5.95. The monoisotopic (exact) mass is 436 g/mol. The zero-order valence-corrected chi connectivity index (χ0v) is 18.9. The number of likely N-dealkylation sites (N-methyl/N-ethyl adjacent to an activating group) is 1. The lowest BCUT2D eigenvalue weighted by molar-refractivity contribution is 0.179. The molecule has 9 nitrogen and oxygen atoms in total. The molecular weight excluding hydrogens is 408 g/mol. The predicted octanol–water partition coefficient (Wildman–Crippen LogP) is 3.02. The third kappa shape index (κ3) is 3.53. The highest BCUT2D eigenvalue weighted by atomic mass is 16.5. The minimum absolute atomic E-state index is 0.371. The van der Waals surface area contributed by atoms with Gasteiger partial charge in [-0.05, 0) is 31.3 Å². The highest BCUT2D eigenvalue weighted by Gasteiger charge is 2.21. The van der Waals surface area contributed by atoms with Crippen LogP contribution in [0.1, 0.15) is 5.82 Å². The summed E-state index contributed by atoms with van der Waals surface area (Å²) in [6, 6.07) is 8.30. The van der Waals surface area contributed by atoms with Gasteiger partial charge in [-0.1, -0.05) is 0 Å². The molecule has 0 unspecified atom stereocenters. The molecule has 9 heteroatoms. The minimum Gasteiger partial charge on any atom is -0.494 e. The molecule has 5 rings (SSSR count). The van der Waals surface area contributed by atoms with Crippen LogP contribution in [0.2, 0.25) is 0 Å². The number of nitrogens with one attached hydrogen (secondary N) is 2. The van der Waals surface area contributed by atoms with Crippen molar-refractivity contribution in [3.63, 3.8) is 0 Å². The Hall–Kier alpha value is -3.30. The molecule has 0 saturated carbocycles. The molecule has 0 bridgehead atoms. The van der Waals surface area contributed by atoms with Crippen molar-refractivity contribution in [2.75, 3.05) is 59.5 Å². The highest BCUT2D eigenvalue weighted by Crippen LogP contribution is 2.40. The maximum Gasteiger partial charge on any atom is 0.155 e. The second-order valence-corrected chi connectivity index (χ2v) is 8.08. The molecule has 4 aromatic rings. The van der Waals surface area contributed by atoms with Crippen LogP contribution in [0.25, 0.3) is 33.5 Å². The van der Waals surface area contributed by atoms with E-state index in [0.717, 1.165) is 54.1 Å². The number of imidazole rings is 2. The molecule has 1 saturated heterocycles. The fraction of sp³-hybridized carbons (Fsp3) is 0.391. The van der Waals surface area contributed by atoms with Crippen LogP contribution in [0.5, 0.6) is 11.5 Å². The Bertz CT molecular complexity index is 1260. The van der Waals surface area contributed by atoms with E-state index < -0.39 is 0 Å². The van der Waals surface area contributed by atoms with Crippen molar-refractivity contribution in [3.8, 4) is 22.9 Å². The van der Waals surface area contributed by atoms with E-state index in [1.54, 1.807) is 21.3 Å². The number of fused-ring (bicyclic) bond motifs is 2. The van der Waals surface area contributed by atoms with Crippen LogP contribution >= 0.6 is 0 Å². The van der Waals surface area contributed by atoms with Gasteiger partial charge in [-0.2, -0.15) is 0 Å². The second-order valence-electron chi connectivity index (χ2n) is 8.08. The number of aromatic nitrogens is 4.